The third-order valence-corrected chi connectivity index (χ3v) is 4.14. The highest BCUT2D eigenvalue weighted by atomic mass is 16.5. The van der Waals surface area contributed by atoms with Crippen LogP contribution in [-0.2, 0) is 6.54 Å². The maximum absolute atomic E-state index is 13.1. The number of benzene rings is 2. The number of amides is 1. The fourth-order valence-electron chi connectivity index (χ4n) is 2.70. The van der Waals surface area contributed by atoms with Gasteiger partial charge in [0.05, 0.1) is 0 Å². The molecular formula is C22H23N3O3. The molecule has 3 rings (SSSR count). The van der Waals surface area contributed by atoms with E-state index in [1.54, 1.807) is 29.2 Å². The van der Waals surface area contributed by atoms with E-state index in [2.05, 4.69) is 16.7 Å². The molecule has 0 saturated carbocycles. The molecule has 3 aromatic rings. The number of nitrogens with zero attached hydrogens (tertiary/aromatic N) is 3. The molecule has 0 N–H and O–H groups in total. The van der Waals surface area contributed by atoms with Gasteiger partial charge in [0, 0.05) is 17.2 Å². The lowest BCUT2D eigenvalue weighted by molar-refractivity contribution is 0.0667. The van der Waals surface area contributed by atoms with E-state index in [9.17, 15) is 4.79 Å². The first kappa shape index (κ1) is 19.4. The van der Waals surface area contributed by atoms with E-state index in [0.717, 1.165) is 5.56 Å². The lowest BCUT2D eigenvalue weighted by Gasteiger charge is -2.25. The maximum atomic E-state index is 13.1. The van der Waals surface area contributed by atoms with Gasteiger partial charge in [-0.15, -0.1) is 0 Å². The molecule has 0 spiro atoms. The SMILES string of the molecule is C=CCOc1cccc(C(=O)N(Cc2nc(-c3ccccc3)no2)C(C)C)c1. The van der Waals surface area contributed by atoms with Crippen molar-refractivity contribution in [2.75, 3.05) is 6.61 Å². The molecule has 144 valence electrons. The standard InChI is InChI=1S/C22H23N3O3/c1-4-13-27-19-12-8-11-18(14-19)22(26)25(16(2)3)15-20-23-21(24-28-20)17-9-6-5-7-10-17/h4-12,14,16H,1,13,15H2,2-3H3. The second-order valence-corrected chi connectivity index (χ2v) is 6.53. The van der Waals surface area contributed by atoms with Gasteiger partial charge in [0.25, 0.3) is 5.91 Å². The second kappa shape index (κ2) is 8.99. The Kier molecular flexibility index (Phi) is 6.22. The highest BCUT2D eigenvalue weighted by molar-refractivity contribution is 5.94. The zero-order valence-electron chi connectivity index (χ0n) is 16.0. The number of carbonyl (C=O) groups excluding carboxylic acids is 1. The van der Waals surface area contributed by atoms with Gasteiger partial charge in [-0.2, -0.15) is 4.98 Å². The summed E-state index contributed by atoms with van der Waals surface area (Å²) in [4.78, 5) is 19.2. The molecule has 1 heterocycles. The highest BCUT2D eigenvalue weighted by Gasteiger charge is 2.22. The van der Waals surface area contributed by atoms with Crippen LogP contribution in [0.3, 0.4) is 0 Å². The molecular weight excluding hydrogens is 354 g/mol. The fourth-order valence-corrected chi connectivity index (χ4v) is 2.70. The summed E-state index contributed by atoms with van der Waals surface area (Å²) in [5.41, 5.74) is 1.41. The number of hydrogen-bond acceptors (Lipinski definition) is 5. The Morgan fingerprint density at radius 1 is 1.21 bits per heavy atom. The lowest BCUT2D eigenvalue weighted by Crippen LogP contribution is -2.36. The summed E-state index contributed by atoms with van der Waals surface area (Å²) in [6.07, 6.45) is 1.66. The molecule has 1 aromatic heterocycles. The van der Waals surface area contributed by atoms with Gasteiger partial charge in [0.15, 0.2) is 0 Å². The summed E-state index contributed by atoms with van der Waals surface area (Å²) in [5.74, 6) is 1.39. The first-order chi connectivity index (χ1) is 13.6. The smallest absolute Gasteiger partial charge is 0.254 e. The Hall–Kier alpha value is -3.41. The largest absolute Gasteiger partial charge is 0.490 e. The van der Waals surface area contributed by atoms with E-state index in [1.165, 1.54) is 0 Å². The molecule has 0 aliphatic carbocycles. The minimum absolute atomic E-state index is 0.0441. The molecule has 0 radical (unpaired) electrons. The van der Waals surface area contributed by atoms with Crippen LogP contribution in [0.4, 0.5) is 0 Å². The zero-order chi connectivity index (χ0) is 19.9. The van der Waals surface area contributed by atoms with Crippen molar-refractivity contribution in [1.82, 2.24) is 15.0 Å². The molecule has 2 aromatic carbocycles. The number of carbonyl (C=O) groups is 1. The summed E-state index contributed by atoms with van der Waals surface area (Å²) in [6.45, 7) is 8.14. The van der Waals surface area contributed by atoms with Gasteiger partial charge >= 0.3 is 0 Å². The number of aromatic nitrogens is 2. The van der Waals surface area contributed by atoms with E-state index in [1.807, 2.05) is 50.2 Å². The molecule has 28 heavy (non-hydrogen) atoms. The number of rotatable bonds is 8. The predicted molar refractivity (Wildman–Crippen MR) is 107 cm³/mol. The molecule has 0 saturated heterocycles. The van der Waals surface area contributed by atoms with Crippen molar-refractivity contribution in [1.29, 1.82) is 0 Å². The van der Waals surface area contributed by atoms with Gasteiger partial charge in [-0.1, -0.05) is 54.2 Å². The molecule has 0 aliphatic heterocycles. The van der Waals surface area contributed by atoms with Crippen LogP contribution < -0.4 is 4.74 Å². The van der Waals surface area contributed by atoms with Gasteiger partial charge in [-0.05, 0) is 32.0 Å². The Morgan fingerprint density at radius 3 is 2.71 bits per heavy atom. The maximum Gasteiger partial charge on any atom is 0.254 e. The Morgan fingerprint density at radius 2 is 2.00 bits per heavy atom. The normalized spacial score (nSPS) is 10.7. The predicted octanol–water partition coefficient (Wildman–Crippen LogP) is 4.35. The number of ether oxygens (including phenoxy) is 1. The van der Waals surface area contributed by atoms with Crippen molar-refractivity contribution < 1.29 is 14.1 Å². The molecule has 6 nitrogen and oxygen atoms in total. The summed E-state index contributed by atoms with van der Waals surface area (Å²) in [5, 5.41) is 4.03. The molecule has 6 heteroatoms. The van der Waals surface area contributed by atoms with Gasteiger partial charge < -0.3 is 14.2 Å². The van der Waals surface area contributed by atoms with Crippen LogP contribution >= 0.6 is 0 Å². The topological polar surface area (TPSA) is 68.5 Å². The number of hydrogen-bond donors (Lipinski definition) is 0. The molecule has 0 bridgehead atoms. The van der Waals surface area contributed by atoms with Crippen LogP contribution in [0.2, 0.25) is 0 Å². The molecule has 1 amide bonds. The van der Waals surface area contributed by atoms with Crippen molar-refractivity contribution in [3.63, 3.8) is 0 Å². The lowest BCUT2D eigenvalue weighted by atomic mass is 10.1. The Bertz CT molecular complexity index is 935. The first-order valence-corrected chi connectivity index (χ1v) is 9.11. The zero-order valence-corrected chi connectivity index (χ0v) is 16.0. The van der Waals surface area contributed by atoms with Crippen molar-refractivity contribution in [3.8, 4) is 17.1 Å². The Balaban J connectivity index is 1.78. The average Bonchev–Trinajstić information content (AvgIpc) is 3.19. The summed E-state index contributed by atoms with van der Waals surface area (Å²) < 4.78 is 10.9. The molecule has 0 fully saturated rings. The highest BCUT2D eigenvalue weighted by Crippen LogP contribution is 2.19. The molecule has 0 aliphatic rings. The van der Waals surface area contributed by atoms with E-state index in [4.69, 9.17) is 9.26 Å². The van der Waals surface area contributed by atoms with Crippen LogP contribution in [0.25, 0.3) is 11.4 Å². The minimum Gasteiger partial charge on any atom is -0.490 e. The summed E-state index contributed by atoms with van der Waals surface area (Å²) in [6, 6.07) is 16.6. The Labute approximate surface area is 164 Å². The van der Waals surface area contributed by atoms with Crippen LogP contribution in [0, 0.1) is 0 Å². The second-order valence-electron chi connectivity index (χ2n) is 6.53. The monoisotopic (exact) mass is 377 g/mol. The van der Waals surface area contributed by atoms with E-state index >= 15 is 0 Å². The quantitative estimate of drug-likeness (QED) is 0.546. The van der Waals surface area contributed by atoms with Crippen LogP contribution in [0.5, 0.6) is 5.75 Å². The third-order valence-electron chi connectivity index (χ3n) is 4.14. The van der Waals surface area contributed by atoms with E-state index in [0.29, 0.717) is 29.6 Å². The van der Waals surface area contributed by atoms with Crippen molar-refractivity contribution in [2.24, 2.45) is 0 Å². The van der Waals surface area contributed by atoms with Gasteiger partial charge in [0.2, 0.25) is 11.7 Å². The van der Waals surface area contributed by atoms with E-state index in [-0.39, 0.29) is 18.5 Å². The third kappa shape index (κ3) is 4.65. The van der Waals surface area contributed by atoms with Crippen molar-refractivity contribution >= 4 is 5.91 Å². The van der Waals surface area contributed by atoms with Gasteiger partial charge in [-0.3, -0.25) is 4.79 Å². The van der Waals surface area contributed by atoms with Crippen LogP contribution in [0.15, 0.2) is 71.8 Å². The van der Waals surface area contributed by atoms with Gasteiger partial charge in [-0.25, -0.2) is 0 Å². The van der Waals surface area contributed by atoms with Crippen LogP contribution in [-0.4, -0.2) is 33.6 Å². The fraction of sp³-hybridized carbons (Fsp3) is 0.227. The summed E-state index contributed by atoms with van der Waals surface area (Å²) in [7, 11) is 0. The first-order valence-electron chi connectivity index (χ1n) is 9.11. The van der Waals surface area contributed by atoms with Crippen LogP contribution in [0.1, 0.15) is 30.1 Å². The van der Waals surface area contributed by atoms with Gasteiger partial charge in [0.1, 0.15) is 18.9 Å². The average molecular weight is 377 g/mol. The summed E-state index contributed by atoms with van der Waals surface area (Å²) >= 11 is 0. The minimum atomic E-state index is -0.126. The van der Waals surface area contributed by atoms with E-state index < -0.39 is 0 Å². The molecule has 0 unspecified atom stereocenters. The van der Waals surface area contributed by atoms with Crippen molar-refractivity contribution in [2.45, 2.75) is 26.4 Å². The van der Waals surface area contributed by atoms with Crippen molar-refractivity contribution in [3.05, 3.63) is 78.7 Å². The molecule has 0 atom stereocenters.